The Hall–Kier alpha value is -2.08. The number of ketones is 1. The van der Waals surface area contributed by atoms with Gasteiger partial charge in [-0.2, -0.15) is 0 Å². The molecule has 2 rings (SSSR count). The summed E-state index contributed by atoms with van der Waals surface area (Å²) in [7, 11) is -3.77. The Morgan fingerprint density at radius 3 is 2.30 bits per heavy atom. The van der Waals surface area contributed by atoms with Crippen molar-refractivity contribution in [1.82, 2.24) is 0 Å². The van der Waals surface area contributed by atoms with Crippen LogP contribution in [0, 0.1) is 0 Å². The largest absolute Gasteiger partial charge is 0.295 e. The molecule has 0 fully saturated rings. The van der Waals surface area contributed by atoms with Gasteiger partial charge in [-0.1, -0.05) is 36.4 Å². The maximum absolute atomic E-state index is 14.3. The third-order valence-corrected chi connectivity index (χ3v) is 5.21. The van der Waals surface area contributed by atoms with E-state index in [1.807, 2.05) is 0 Å². The Labute approximate surface area is 133 Å². The van der Waals surface area contributed by atoms with Gasteiger partial charge in [0.15, 0.2) is 15.6 Å². The Kier molecular flexibility index (Phi) is 4.94. The monoisotopic (exact) mass is 338 g/mol. The number of sulfone groups is 1. The minimum Gasteiger partial charge on any atom is -0.295 e. The third-order valence-electron chi connectivity index (χ3n) is 3.48. The second-order valence-electron chi connectivity index (χ2n) is 5.22. The van der Waals surface area contributed by atoms with E-state index >= 15 is 0 Å². The number of benzene rings is 2. The Morgan fingerprint density at radius 2 is 1.70 bits per heavy atom. The molecule has 122 valence electrons. The van der Waals surface area contributed by atoms with Crippen LogP contribution in [0.3, 0.4) is 0 Å². The fraction of sp³-hybridized carbons (Fsp3) is 0.235. The van der Waals surface area contributed by atoms with Crippen molar-refractivity contribution in [3.63, 3.8) is 0 Å². The number of alkyl halides is 2. The van der Waals surface area contributed by atoms with Crippen LogP contribution in [0.4, 0.5) is 8.78 Å². The summed E-state index contributed by atoms with van der Waals surface area (Å²) in [6.07, 6.45) is -0.842. The van der Waals surface area contributed by atoms with Crippen LogP contribution in [0.5, 0.6) is 0 Å². The topological polar surface area (TPSA) is 51.2 Å². The molecule has 0 aliphatic rings. The quantitative estimate of drug-likeness (QED) is 0.752. The molecule has 0 amide bonds. The molecule has 6 heteroatoms. The smallest absolute Gasteiger partial charge is 0.274 e. The van der Waals surface area contributed by atoms with E-state index in [4.69, 9.17) is 0 Å². The maximum Gasteiger partial charge on any atom is 0.274 e. The zero-order chi connectivity index (χ0) is 17.1. The van der Waals surface area contributed by atoms with Gasteiger partial charge in [-0.25, -0.2) is 17.2 Å². The molecule has 0 radical (unpaired) electrons. The van der Waals surface area contributed by atoms with Gasteiger partial charge in [0.25, 0.3) is 5.92 Å². The molecule has 23 heavy (non-hydrogen) atoms. The van der Waals surface area contributed by atoms with Crippen LogP contribution < -0.4 is 0 Å². The van der Waals surface area contributed by atoms with E-state index in [9.17, 15) is 22.0 Å². The van der Waals surface area contributed by atoms with Gasteiger partial charge in [-0.3, -0.25) is 4.79 Å². The highest BCUT2D eigenvalue weighted by Gasteiger charge is 2.34. The fourth-order valence-corrected chi connectivity index (χ4v) is 3.45. The highest BCUT2D eigenvalue weighted by molar-refractivity contribution is 7.91. The van der Waals surface area contributed by atoms with Crippen molar-refractivity contribution in [2.75, 3.05) is 5.75 Å². The molecule has 0 heterocycles. The molecular weight excluding hydrogens is 322 g/mol. The lowest BCUT2D eigenvalue weighted by molar-refractivity contribution is -0.00749. The minimum absolute atomic E-state index is 0.0216. The normalized spacial score (nSPS) is 12.1. The fourth-order valence-electron chi connectivity index (χ4n) is 2.12. The molecule has 0 bridgehead atoms. The Morgan fingerprint density at radius 1 is 1.04 bits per heavy atom. The van der Waals surface area contributed by atoms with Gasteiger partial charge in [-0.05, 0) is 25.1 Å². The Bertz CT molecular complexity index is 800. The zero-order valence-electron chi connectivity index (χ0n) is 12.5. The van der Waals surface area contributed by atoms with Crippen LogP contribution in [0.15, 0.2) is 59.5 Å². The minimum atomic E-state index is -3.77. The van der Waals surface area contributed by atoms with E-state index in [2.05, 4.69) is 0 Å². The molecule has 0 N–H and O–H groups in total. The van der Waals surface area contributed by atoms with Gasteiger partial charge >= 0.3 is 0 Å². The summed E-state index contributed by atoms with van der Waals surface area (Å²) < 4.78 is 52.7. The molecule has 0 aromatic heterocycles. The van der Waals surface area contributed by atoms with Crippen LogP contribution in [0.25, 0.3) is 0 Å². The average Bonchev–Trinajstić information content (AvgIpc) is 2.54. The molecule has 0 saturated heterocycles. The van der Waals surface area contributed by atoms with Crippen LogP contribution in [0.1, 0.15) is 29.3 Å². The first-order valence-corrected chi connectivity index (χ1v) is 8.65. The molecule has 0 aliphatic carbocycles. The van der Waals surface area contributed by atoms with Crippen molar-refractivity contribution in [3.8, 4) is 0 Å². The first-order chi connectivity index (χ1) is 10.7. The molecule has 3 nitrogen and oxygen atoms in total. The lowest BCUT2D eigenvalue weighted by atomic mass is 10.0. The van der Waals surface area contributed by atoms with Gasteiger partial charge < -0.3 is 0 Å². The summed E-state index contributed by atoms with van der Waals surface area (Å²) >= 11 is 0. The second kappa shape index (κ2) is 6.58. The average molecular weight is 338 g/mol. The molecule has 0 spiro atoms. The molecule has 0 atom stereocenters. The van der Waals surface area contributed by atoms with Crippen LogP contribution in [-0.2, 0) is 15.8 Å². The lowest BCUT2D eigenvalue weighted by Gasteiger charge is -2.17. The SMILES string of the molecule is CC(=O)c1cccc(C(F)(F)CCS(=O)(=O)c2ccccc2)c1. The summed E-state index contributed by atoms with van der Waals surface area (Å²) in [6.45, 7) is 1.29. The number of rotatable bonds is 6. The standard InChI is InChI=1S/C17H16F2O3S/c1-13(20)14-6-5-7-15(12-14)17(18,19)10-11-23(21,22)16-8-3-2-4-9-16/h2-9,12H,10-11H2,1H3. The van der Waals surface area contributed by atoms with Crippen molar-refractivity contribution in [3.05, 3.63) is 65.7 Å². The number of carbonyl (C=O) groups excluding carboxylic acids is 1. The van der Waals surface area contributed by atoms with Gasteiger partial charge in [-0.15, -0.1) is 0 Å². The molecule has 0 unspecified atom stereocenters. The van der Waals surface area contributed by atoms with E-state index in [0.29, 0.717) is 0 Å². The van der Waals surface area contributed by atoms with Crippen molar-refractivity contribution in [2.45, 2.75) is 24.2 Å². The van der Waals surface area contributed by atoms with E-state index in [1.54, 1.807) is 18.2 Å². The summed E-state index contributed by atoms with van der Waals surface area (Å²) in [6, 6.07) is 12.6. The van der Waals surface area contributed by atoms with Crippen LogP contribution in [0.2, 0.25) is 0 Å². The first-order valence-electron chi connectivity index (χ1n) is 6.99. The summed E-state index contributed by atoms with van der Waals surface area (Å²) in [4.78, 5) is 11.3. The van der Waals surface area contributed by atoms with Crippen molar-refractivity contribution >= 4 is 15.6 Å². The van der Waals surface area contributed by atoms with Gasteiger partial charge in [0.1, 0.15) is 0 Å². The van der Waals surface area contributed by atoms with E-state index in [-0.39, 0.29) is 21.8 Å². The van der Waals surface area contributed by atoms with E-state index in [0.717, 1.165) is 6.07 Å². The van der Waals surface area contributed by atoms with E-state index < -0.39 is 27.9 Å². The van der Waals surface area contributed by atoms with Crippen molar-refractivity contribution < 1.29 is 22.0 Å². The number of Topliss-reactive ketones (excluding diaryl/α,β-unsaturated/α-hetero) is 1. The lowest BCUT2D eigenvalue weighted by Crippen LogP contribution is -2.20. The molecule has 2 aromatic rings. The maximum atomic E-state index is 14.3. The van der Waals surface area contributed by atoms with Gasteiger partial charge in [0.2, 0.25) is 0 Å². The summed E-state index contributed by atoms with van der Waals surface area (Å²) in [5.74, 6) is -4.32. The Balaban J connectivity index is 2.19. The zero-order valence-corrected chi connectivity index (χ0v) is 13.3. The molecule has 2 aromatic carbocycles. The van der Waals surface area contributed by atoms with Crippen LogP contribution in [-0.4, -0.2) is 20.0 Å². The highest BCUT2D eigenvalue weighted by atomic mass is 32.2. The summed E-state index contributed by atoms with van der Waals surface area (Å²) in [5, 5.41) is 0. The number of hydrogen-bond donors (Lipinski definition) is 0. The third kappa shape index (κ3) is 4.22. The molecular formula is C17H16F2O3S. The predicted octanol–water partition coefficient (Wildman–Crippen LogP) is 3.85. The predicted molar refractivity (Wildman–Crippen MR) is 83.5 cm³/mol. The van der Waals surface area contributed by atoms with Crippen molar-refractivity contribution in [1.29, 1.82) is 0 Å². The second-order valence-corrected chi connectivity index (χ2v) is 7.33. The van der Waals surface area contributed by atoms with Crippen molar-refractivity contribution in [2.24, 2.45) is 0 Å². The van der Waals surface area contributed by atoms with Gasteiger partial charge in [0.05, 0.1) is 10.6 Å². The van der Waals surface area contributed by atoms with Crippen LogP contribution >= 0.6 is 0 Å². The summed E-state index contributed by atoms with van der Waals surface area (Å²) in [5.41, 5.74) is -0.179. The highest BCUT2D eigenvalue weighted by Crippen LogP contribution is 2.33. The van der Waals surface area contributed by atoms with Gasteiger partial charge in [0, 0.05) is 17.5 Å². The molecule has 0 aliphatic heterocycles. The first kappa shape index (κ1) is 17.3. The molecule has 0 saturated carbocycles. The number of hydrogen-bond acceptors (Lipinski definition) is 3. The van der Waals surface area contributed by atoms with E-state index in [1.165, 1.54) is 37.3 Å². The number of halogens is 2. The number of carbonyl (C=O) groups is 1.